The van der Waals surface area contributed by atoms with Crippen LogP contribution < -0.4 is 0 Å². The predicted molar refractivity (Wildman–Crippen MR) is 64.3 cm³/mol. The molecule has 0 heterocycles. The van der Waals surface area contributed by atoms with Crippen LogP contribution in [0.2, 0.25) is 0 Å². The van der Waals surface area contributed by atoms with E-state index >= 15 is 0 Å². The maximum Gasteiger partial charge on any atom is 0.276 e. The van der Waals surface area contributed by atoms with Crippen molar-refractivity contribution in [1.82, 2.24) is 0 Å². The van der Waals surface area contributed by atoms with Gasteiger partial charge in [-0.2, -0.15) is 0 Å². The van der Waals surface area contributed by atoms with E-state index in [1.807, 2.05) is 0 Å². The SMILES string of the molecule is CS(=O)(=O)c1ccc(C(O)C(O)CO)c([N+](=O)[O-])c1. The minimum Gasteiger partial charge on any atom is -0.394 e. The lowest BCUT2D eigenvalue weighted by Gasteiger charge is -2.16. The van der Waals surface area contributed by atoms with Gasteiger partial charge in [-0.05, 0) is 12.1 Å². The van der Waals surface area contributed by atoms with Gasteiger partial charge in [-0.15, -0.1) is 0 Å². The normalized spacial score (nSPS) is 14.9. The van der Waals surface area contributed by atoms with Gasteiger partial charge < -0.3 is 15.3 Å². The second kappa shape index (κ2) is 5.61. The molecule has 0 fully saturated rings. The molecule has 1 aromatic carbocycles. The van der Waals surface area contributed by atoms with Gasteiger partial charge in [0.15, 0.2) is 9.84 Å². The van der Waals surface area contributed by atoms with Crippen LogP contribution in [0.5, 0.6) is 0 Å². The van der Waals surface area contributed by atoms with Crippen LogP contribution >= 0.6 is 0 Å². The molecule has 0 saturated heterocycles. The lowest BCUT2D eigenvalue weighted by Crippen LogP contribution is -2.23. The third-order valence-electron chi connectivity index (χ3n) is 2.50. The molecule has 0 spiro atoms. The maximum atomic E-state index is 11.3. The van der Waals surface area contributed by atoms with Gasteiger partial charge in [-0.1, -0.05) is 0 Å². The molecule has 1 aromatic rings. The number of rotatable bonds is 5. The first-order valence-corrected chi connectivity index (χ1v) is 7.03. The quantitative estimate of drug-likeness (QED) is 0.485. The van der Waals surface area contributed by atoms with Crippen LogP contribution in [0, 0.1) is 10.1 Å². The van der Waals surface area contributed by atoms with Crippen molar-refractivity contribution >= 4 is 15.5 Å². The van der Waals surface area contributed by atoms with E-state index in [1.165, 1.54) is 0 Å². The second-order valence-corrected chi connectivity index (χ2v) is 5.96. The van der Waals surface area contributed by atoms with Crippen LogP contribution in [0.3, 0.4) is 0 Å². The van der Waals surface area contributed by atoms with Gasteiger partial charge in [-0.25, -0.2) is 8.42 Å². The zero-order chi connectivity index (χ0) is 14.8. The summed E-state index contributed by atoms with van der Waals surface area (Å²) in [7, 11) is -3.63. The van der Waals surface area contributed by atoms with E-state index in [9.17, 15) is 28.7 Å². The van der Waals surface area contributed by atoms with E-state index < -0.39 is 39.3 Å². The summed E-state index contributed by atoms with van der Waals surface area (Å²) in [5.74, 6) is 0. The summed E-state index contributed by atoms with van der Waals surface area (Å²) in [6.45, 7) is -0.786. The largest absolute Gasteiger partial charge is 0.394 e. The first kappa shape index (κ1) is 15.5. The molecular weight excluding hydrogens is 278 g/mol. The van der Waals surface area contributed by atoms with Crippen molar-refractivity contribution < 1.29 is 28.7 Å². The summed E-state index contributed by atoms with van der Waals surface area (Å²) < 4.78 is 22.6. The average Bonchev–Trinajstić information content (AvgIpc) is 2.35. The molecule has 2 atom stereocenters. The zero-order valence-corrected chi connectivity index (χ0v) is 10.7. The average molecular weight is 291 g/mol. The first-order valence-electron chi connectivity index (χ1n) is 5.14. The van der Waals surface area contributed by atoms with Gasteiger partial charge in [0.2, 0.25) is 0 Å². The highest BCUT2D eigenvalue weighted by Gasteiger charge is 2.27. The summed E-state index contributed by atoms with van der Waals surface area (Å²) in [5, 5.41) is 38.5. The summed E-state index contributed by atoms with van der Waals surface area (Å²) in [4.78, 5) is 9.74. The number of aliphatic hydroxyl groups excluding tert-OH is 3. The van der Waals surface area contributed by atoms with E-state index in [4.69, 9.17) is 5.11 Å². The van der Waals surface area contributed by atoms with Crippen molar-refractivity contribution in [2.24, 2.45) is 0 Å². The predicted octanol–water partition coefficient (Wildman–Crippen LogP) is -0.615. The molecule has 0 aliphatic carbocycles. The molecule has 1 rings (SSSR count). The van der Waals surface area contributed by atoms with Gasteiger partial charge >= 0.3 is 0 Å². The van der Waals surface area contributed by atoms with E-state index in [-0.39, 0.29) is 10.5 Å². The smallest absolute Gasteiger partial charge is 0.276 e. The highest BCUT2D eigenvalue weighted by molar-refractivity contribution is 7.90. The Morgan fingerprint density at radius 2 is 1.95 bits per heavy atom. The van der Waals surface area contributed by atoms with Crippen LogP contribution in [-0.2, 0) is 9.84 Å². The van der Waals surface area contributed by atoms with Crippen LogP contribution in [0.4, 0.5) is 5.69 Å². The number of aliphatic hydroxyl groups is 3. The van der Waals surface area contributed by atoms with Gasteiger partial charge in [-0.3, -0.25) is 10.1 Å². The third kappa shape index (κ3) is 3.47. The van der Waals surface area contributed by atoms with Gasteiger partial charge in [0.1, 0.15) is 12.2 Å². The topological polar surface area (TPSA) is 138 Å². The number of hydrogen-bond donors (Lipinski definition) is 3. The Morgan fingerprint density at radius 3 is 2.37 bits per heavy atom. The monoisotopic (exact) mass is 291 g/mol. The zero-order valence-electron chi connectivity index (χ0n) is 9.92. The van der Waals surface area contributed by atoms with Crippen molar-refractivity contribution in [2.75, 3.05) is 12.9 Å². The molecule has 8 nitrogen and oxygen atoms in total. The number of sulfone groups is 1. The minimum absolute atomic E-state index is 0.265. The van der Waals surface area contributed by atoms with Crippen molar-refractivity contribution in [3.8, 4) is 0 Å². The highest BCUT2D eigenvalue weighted by atomic mass is 32.2. The van der Waals surface area contributed by atoms with Crippen LogP contribution in [0.25, 0.3) is 0 Å². The molecule has 0 aliphatic rings. The molecule has 0 bridgehead atoms. The van der Waals surface area contributed by atoms with E-state index in [0.717, 1.165) is 24.5 Å². The van der Waals surface area contributed by atoms with Crippen molar-refractivity contribution in [3.05, 3.63) is 33.9 Å². The standard InChI is InChI=1S/C10H13NO7S/c1-19(17,18)6-2-3-7(8(4-6)11(15)16)10(14)9(13)5-12/h2-4,9-10,12-14H,5H2,1H3. The number of nitro groups is 1. The van der Waals surface area contributed by atoms with Gasteiger partial charge in [0.25, 0.3) is 5.69 Å². The first-order chi connectivity index (χ1) is 8.68. The maximum absolute atomic E-state index is 11.3. The minimum atomic E-state index is -3.63. The van der Waals surface area contributed by atoms with Crippen molar-refractivity contribution in [2.45, 2.75) is 17.1 Å². The van der Waals surface area contributed by atoms with Crippen molar-refractivity contribution in [3.63, 3.8) is 0 Å². The second-order valence-electron chi connectivity index (χ2n) is 3.94. The van der Waals surface area contributed by atoms with Crippen LogP contribution in [-0.4, -0.2) is 47.6 Å². The third-order valence-corrected chi connectivity index (χ3v) is 3.61. The summed E-state index contributed by atoms with van der Waals surface area (Å²) in [5.41, 5.74) is -0.901. The molecule has 106 valence electrons. The molecule has 0 aromatic heterocycles. The number of nitro benzene ring substituents is 1. The number of hydrogen-bond acceptors (Lipinski definition) is 7. The fraction of sp³-hybridized carbons (Fsp3) is 0.400. The Bertz CT molecular complexity index is 584. The van der Waals surface area contributed by atoms with E-state index in [1.54, 1.807) is 0 Å². The molecule has 0 radical (unpaired) electrons. The molecule has 9 heteroatoms. The fourth-order valence-corrected chi connectivity index (χ4v) is 2.11. The number of nitrogens with zero attached hydrogens (tertiary/aromatic N) is 1. The lowest BCUT2D eigenvalue weighted by molar-refractivity contribution is -0.386. The summed E-state index contributed by atoms with van der Waals surface area (Å²) in [6.07, 6.45) is -2.38. The van der Waals surface area contributed by atoms with Crippen LogP contribution in [0.15, 0.2) is 23.1 Å². The molecular formula is C10H13NO7S. The number of benzene rings is 1. The molecule has 0 aliphatic heterocycles. The molecule has 0 amide bonds. The van der Waals surface area contributed by atoms with E-state index in [2.05, 4.69) is 0 Å². The Hall–Kier alpha value is -1.55. The van der Waals surface area contributed by atoms with E-state index in [0.29, 0.717) is 0 Å². The molecule has 19 heavy (non-hydrogen) atoms. The van der Waals surface area contributed by atoms with Crippen molar-refractivity contribution in [1.29, 1.82) is 0 Å². The Labute approximate surface area is 109 Å². The Kier molecular flexibility index (Phi) is 4.58. The highest BCUT2D eigenvalue weighted by Crippen LogP contribution is 2.29. The fourth-order valence-electron chi connectivity index (χ4n) is 1.47. The Balaban J connectivity index is 3.39. The van der Waals surface area contributed by atoms with Gasteiger partial charge in [0.05, 0.1) is 22.0 Å². The van der Waals surface area contributed by atoms with Gasteiger partial charge in [0, 0.05) is 12.3 Å². The molecule has 3 N–H and O–H groups in total. The van der Waals surface area contributed by atoms with Crippen LogP contribution in [0.1, 0.15) is 11.7 Å². The Morgan fingerprint density at radius 1 is 1.37 bits per heavy atom. The summed E-state index contributed by atoms with van der Waals surface area (Å²) >= 11 is 0. The molecule has 2 unspecified atom stereocenters. The molecule has 0 saturated carbocycles. The summed E-state index contributed by atoms with van der Waals surface area (Å²) in [6, 6.07) is 2.93. The lowest BCUT2D eigenvalue weighted by atomic mass is 10.0.